The van der Waals surface area contributed by atoms with Crippen molar-refractivity contribution in [3.63, 3.8) is 0 Å². The highest BCUT2D eigenvalue weighted by Gasteiger charge is 2.30. The highest BCUT2D eigenvalue weighted by Crippen LogP contribution is 2.17. The minimum Gasteiger partial charge on any atom is -0.389 e. The summed E-state index contributed by atoms with van der Waals surface area (Å²) in [5.41, 5.74) is 1.48. The van der Waals surface area contributed by atoms with Crippen LogP contribution in [0.3, 0.4) is 0 Å². The van der Waals surface area contributed by atoms with Gasteiger partial charge in [0, 0.05) is 50.5 Å². The maximum Gasteiger partial charge on any atom is 0.253 e. The van der Waals surface area contributed by atoms with E-state index in [9.17, 15) is 28.6 Å². The van der Waals surface area contributed by atoms with Crippen molar-refractivity contribution in [1.29, 1.82) is 0 Å². The Balaban J connectivity index is 2.34. The molecule has 2 aromatic carbocycles. The number of hydrogen-bond donors (Lipinski definition) is 3. The van der Waals surface area contributed by atoms with Crippen molar-refractivity contribution in [2.75, 3.05) is 46.9 Å². The van der Waals surface area contributed by atoms with Crippen LogP contribution in [0.1, 0.15) is 58.5 Å². The van der Waals surface area contributed by atoms with Gasteiger partial charge in [-0.15, -0.1) is 0 Å². The lowest BCUT2D eigenvalue weighted by molar-refractivity contribution is -0.0194. The normalized spacial score (nSPS) is 13.7. The number of aliphatic hydroxyl groups excluding tert-OH is 2. The summed E-state index contributed by atoms with van der Waals surface area (Å²) in [6, 6.07) is 6.73. The van der Waals surface area contributed by atoms with E-state index >= 15 is 0 Å². The number of ether oxygens (including phenoxy) is 1. The number of rotatable bonds is 16. The van der Waals surface area contributed by atoms with Crippen LogP contribution in [0, 0.1) is 18.6 Å². The largest absolute Gasteiger partial charge is 0.389 e. The Hall–Kier alpha value is -2.92. The predicted octanol–water partition coefficient (Wildman–Crippen LogP) is 3.18. The molecule has 8 nitrogen and oxygen atoms in total. The van der Waals surface area contributed by atoms with Crippen molar-refractivity contribution < 1.29 is 33.3 Å². The molecule has 0 unspecified atom stereocenters. The zero-order valence-corrected chi connectivity index (χ0v) is 24.1. The molecule has 0 aliphatic heterocycles. The lowest BCUT2D eigenvalue weighted by Gasteiger charge is -2.30. The molecule has 40 heavy (non-hydrogen) atoms. The second-order valence-electron chi connectivity index (χ2n) is 10.3. The average Bonchev–Trinajstić information content (AvgIpc) is 2.89. The fourth-order valence-electron chi connectivity index (χ4n) is 4.60. The third-order valence-electron chi connectivity index (χ3n) is 6.54. The van der Waals surface area contributed by atoms with Crippen LogP contribution in [0.25, 0.3) is 0 Å². The molecule has 0 aliphatic rings. The van der Waals surface area contributed by atoms with Gasteiger partial charge in [0.05, 0.1) is 18.8 Å². The molecule has 2 rings (SSSR count). The Morgan fingerprint density at radius 2 is 1.55 bits per heavy atom. The molecule has 0 saturated carbocycles. The number of aliphatic hydroxyl groups is 2. The molecule has 0 fully saturated rings. The van der Waals surface area contributed by atoms with Gasteiger partial charge in [0.15, 0.2) is 0 Å². The molecule has 0 aromatic heterocycles. The summed E-state index contributed by atoms with van der Waals surface area (Å²) in [5.74, 6) is -2.35. The van der Waals surface area contributed by atoms with Crippen LogP contribution in [0.2, 0.25) is 0 Å². The Morgan fingerprint density at radius 1 is 0.950 bits per heavy atom. The molecule has 0 radical (unpaired) electrons. The molecule has 2 aromatic rings. The Morgan fingerprint density at radius 3 is 2.12 bits per heavy atom. The molecule has 222 valence electrons. The SMILES string of the molecule is CCCN(CCC)C(=O)c1cc(C)cc(C(=O)N[C@@H](Cc2cc(F)cc(F)c2)[C@H](O)[C@H](O)CN(C)CCOC)c1. The molecule has 0 spiro atoms. The van der Waals surface area contributed by atoms with Gasteiger partial charge in [-0.05, 0) is 74.7 Å². The summed E-state index contributed by atoms with van der Waals surface area (Å²) in [4.78, 5) is 30.1. The zero-order chi connectivity index (χ0) is 29.8. The quantitative estimate of drug-likeness (QED) is 0.290. The zero-order valence-electron chi connectivity index (χ0n) is 24.1. The number of nitrogens with zero attached hydrogens (tertiary/aromatic N) is 2. The lowest BCUT2D eigenvalue weighted by atomic mass is 9.96. The van der Waals surface area contributed by atoms with Gasteiger partial charge in [-0.1, -0.05) is 13.8 Å². The van der Waals surface area contributed by atoms with E-state index in [0.29, 0.717) is 37.4 Å². The minimum absolute atomic E-state index is 0.0716. The van der Waals surface area contributed by atoms with Crippen LogP contribution in [0.5, 0.6) is 0 Å². The highest BCUT2D eigenvalue weighted by atomic mass is 19.1. The Kier molecular flexibility index (Phi) is 13.6. The maximum absolute atomic E-state index is 13.9. The molecule has 10 heteroatoms. The lowest BCUT2D eigenvalue weighted by Crippen LogP contribution is -2.52. The molecule has 3 atom stereocenters. The van der Waals surface area contributed by atoms with Crippen molar-refractivity contribution >= 4 is 11.8 Å². The van der Waals surface area contributed by atoms with Gasteiger partial charge in [0.25, 0.3) is 11.8 Å². The van der Waals surface area contributed by atoms with Gasteiger partial charge in [-0.2, -0.15) is 0 Å². The Bertz CT molecular complexity index is 1090. The van der Waals surface area contributed by atoms with E-state index in [2.05, 4.69) is 5.32 Å². The van der Waals surface area contributed by atoms with E-state index in [1.807, 2.05) is 13.8 Å². The van der Waals surface area contributed by atoms with Crippen LogP contribution in [-0.2, 0) is 11.2 Å². The highest BCUT2D eigenvalue weighted by molar-refractivity contribution is 6.00. The third kappa shape index (κ3) is 10.2. The Labute approximate surface area is 235 Å². The van der Waals surface area contributed by atoms with Gasteiger partial charge >= 0.3 is 0 Å². The van der Waals surface area contributed by atoms with Crippen LogP contribution in [-0.4, -0.2) is 97.0 Å². The van der Waals surface area contributed by atoms with Crippen molar-refractivity contribution in [2.24, 2.45) is 0 Å². The van der Waals surface area contributed by atoms with Gasteiger partial charge in [-0.25, -0.2) is 8.78 Å². The standard InChI is InChI=1S/C30H43F2N3O5/c1-6-8-35(9-7-2)30(39)23-13-20(3)12-22(17-23)29(38)33-26(16-21-14-24(31)18-25(32)15-21)28(37)27(36)19-34(4)10-11-40-5/h12-15,17-18,26-28,36-37H,6-11,16,19H2,1-5H3,(H,33,38)/t26-,27+,28-/m0/s1. The number of nitrogens with one attached hydrogen (secondary N) is 1. The molecule has 0 bridgehead atoms. The van der Waals surface area contributed by atoms with Crippen molar-refractivity contribution in [3.05, 3.63) is 70.3 Å². The number of halogens is 2. The van der Waals surface area contributed by atoms with Gasteiger partial charge < -0.3 is 30.1 Å². The van der Waals surface area contributed by atoms with E-state index in [4.69, 9.17) is 4.74 Å². The van der Waals surface area contributed by atoms with E-state index < -0.39 is 35.8 Å². The number of benzene rings is 2. The summed E-state index contributed by atoms with van der Waals surface area (Å²) in [7, 11) is 3.30. The smallest absolute Gasteiger partial charge is 0.253 e. The van der Waals surface area contributed by atoms with Crippen LogP contribution in [0.15, 0.2) is 36.4 Å². The van der Waals surface area contributed by atoms with E-state index in [1.165, 1.54) is 6.07 Å². The predicted molar refractivity (Wildman–Crippen MR) is 150 cm³/mol. The third-order valence-corrected chi connectivity index (χ3v) is 6.54. The van der Waals surface area contributed by atoms with Crippen LogP contribution < -0.4 is 5.32 Å². The molecule has 3 N–H and O–H groups in total. The average molecular weight is 564 g/mol. The minimum atomic E-state index is -1.46. The monoisotopic (exact) mass is 563 g/mol. The second-order valence-corrected chi connectivity index (χ2v) is 10.3. The number of amides is 2. The fraction of sp³-hybridized carbons (Fsp3) is 0.533. The number of carbonyl (C=O) groups is 2. The molecular formula is C30H43F2N3O5. The first-order valence-electron chi connectivity index (χ1n) is 13.7. The van der Waals surface area contributed by atoms with Gasteiger partial charge in [0.1, 0.15) is 17.7 Å². The summed E-state index contributed by atoms with van der Waals surface area (Å²) in [6.45, 7) is 7.94. The summed E-state index contributed by atoms with van der Waals surface area (Å²) >= 11 is 0. The topological polar surface area (TPSA) is 102 Å². The van der Waals surface area contributed by atoms with Crippen LogP contribution >= 0.6 is 0 Å². The molecular weight excluding hydrogens is 520 g/mol. The molecule has 0 heterocycles. The summed E-state index contributed by atoms with van der Waals surface area (Å²) < 4.78 is 32.8. The second kappa shape index (κ2) is 16.4. The van der Waals surface area contributed by atoms with E-state index in [-0.39, 0.29) is 30.0 Å². The summed E-state index contributed by atoms with van der Waals surface area (Å²) in [5, 5.41) is 24.6. The van der Waals surface area contributed by atoms with Gasteiger partial charge in [-0.3, -0.25) is 9.59 Å². The molecule has 0 aliphatic carbocycles. The van der Waals surface area contributed by atoms with Crippen molar-refractivity contribution in [1.82, 2.24) is 15.1 Å². The fourth-order valence-corrected chi connectivity index (χ4v) is 4.60. The number of carbonyl (C=O) groups excluding carboxylic acids is 2. The number of methoxy groups -OCH3 is 1. The van der Waals surface area contributed by atoms with Gasteiger partial charge in [0.2, 0.25) is 0 Å². The van der Waals surface area contributed by atoms with Crippen molar-refractivity contribution in [2.45, 2.75) is 58.3 Å². The molecule has 0 saturated heterocycles. The first-order chi connectivity index (χ1) is 19.0. The van der Waals surface area contributed by atoms with E-state index in [0.717, 1.165) is 31.0 Å². The summed E-state index contributed by atoms with van der Waals surface area (Å²) in [6.07, 6.45) is -1.28. The van der Waals surface area contributed by atoms with Crippen LogP contribution in [0.4, 0.5) is 8.78 Å². The molecule has 2 amide bonds. The first-order valence-corrected chi connectivity index (χ1v) is 13.7. The number of hydrogen-bond acceptors (Lipinski definition) is 6. The maximum atomic E-state index is 13.9. The first kappa shape index (κ1) is 33.3. The van der Waals surface area contributed by atoms with E-state index in [1.54, 1.807) is 43.0 Å². The number of aryl methyl sites for hydroxylation is 1. The van der Waals surface area contributed by atoms with Crippen molar-refractivity contribution in [3.8, 4) is 0 Å². The number of likely N-dealkylation sites (N-methyl/N-ethyl adjacent to an activating group) is 1.